The number of carbonyl (C=O) groups is 1. The van der Waals surface area contributed by atoms with Gasteiger partial charge < -0.3 is 5.32 Å². The van der Waals surface area contributed by atoms with Gasteiger partial charge in [-0.25, -0.2) is 4.39 Å². The lowest BCUT2D eigenvalue weighted by atomic mass is 10.2. The third kappa shape index (κ3) is 2.92. The third-order valence-corrected chi connectivity index (χ3v) is 3.16. The Morgan fingerprint density at radius 2 is 2.11 bits per heavy atom. The van der Waals surface area contributed by atoms with Crippen LogP contribution in [0.15, 0.2) is 47.1 Å². The smallest absolute Gasteiger partial charge is 0.252 e. The summed E-state index contributed by atoms with van der Waals surface area (Å²) < 4.78 is 13.4. The fraction of sp³-hybridized carbons (Fsp3) is 0.0769. The summed E-state index contributed by atoms with van der Waals surface area (Å²) in [5, 5.41) is 2.69. The summed E-state index contributed by atoms with van der Waals surface area (Å²) in [6.45, 7) is 0.308. The molecule has 0 spiro atoms. The van der Waals surface area contributed by atoms with Gasteiger partial charge in [0.05, 0.1) is 22.3 Å². The van der Waals surface area contributed by atoms with Gasteiger partial charge in [0.1, 0.15) is 5.82 Å². The molecule has 3 nitrogen and oxygen atoms in total. The van der Waals surface area contributed by atoms with Crippen LogP contribution in [0.25, 0.3) is 0 Å². The molecule has 0 radical (unpaired) electrons. The molecular formula is C13H10BrFN2O. The Labute approximate surface area is 112 Å². The molecule has 1 amide bonds. The van der Waals surface area contributed by atoms with Crippen molar-refractivity contribution < 1.29 is 9.18 Å². The number of hydrogen-bond donors (Lipinski definition) is 1. The number of rotatable bonds is 3. The molecule has 1 N–H and O–H groups in total. The fourth-order valence-electron chi connectivity index (χ4n) is 1.45. The van der Waals surface area contributed by atoms with E-state index < -0.39 is 5.82 Å². The summed E-state index contributed by atoms with van der Waals surface area (Å²) >= 11 is 3.06. The van der Waals surface area contributed by atoms with E-state index in [9.17, 15) is 9.18 Å². The molecule has 0 saturated heterocycles. The van der Waals surface area contributed by atoms with Gasteiger partial charge in [-0.3, -0.25) is 9.78 Å². The first-order chi connectivity index (χ1) is 8.68. The van der Waals surface area contributed by atoms with Crippen molar-refractivity contribution in [3.8, 4) is 0 Å². The lowest BCUT2D eigenvalue weighted by molar-refractivity contribution is 0.0949. The highest BCUT2D eigenvalue weighted by molar-refractivity contribution is 9.10. The van der Waals surface area contributed by atoms with Crippen molar-refractivity contribution in [3.63, 3.8) is 0 Å². The SMILES string of the molecule is O=C(NCc1ccccn1)c1cccc(F)c1Br. The zero-order valence-electron chi connectivity index (χ0n) is 9.36. The van der Waals surface area contributed by atoms with Crippen LogP contribution in [0, 0.1) is 5.82 Å². The Hall–Kier alpha value is -1.75. The number of aromatic nitrogens is 1. The van der Waals surface area contributed by atoms with Gasteiger partial charge in [-0.2, -0.15) is 0 Å². The van der Waals surface area contributed by atoms with Gasteiger partial charge in [0.15, 0.2) is 0 Å². The van der Waals surface area contributed by atoms with Gasteiger partial charge >= 0.3 is 0 Å². The minimum absolute atomic E-state index is 0.170. The van der Waals surface area contributed by atoms with E-state index in [0.717, 1.165) is 5.69 Å². The van der Waals surface area contributed by atoms with Gasteiger partial charge in [0, 0.05) is 6.20 Å². The highest BCUT2D eigenvalue weighted by atomic mass is 79.9. The maximum absolute atomic E-state index is 13.3. The maximum Gasteiger partial charge on any atom is 0.252 e. The van der Waals surface area contributed by atoms with Crippen LogP contribution in [0.1, 0.15) is 16.1 Å². The number of halogens is 2. The first-order valence-corrected chi connectivity index (χ1v) is 6.10. The number of carbonyl (C=O) groups excluding carboxylic acids is 1. The first kappa shape index (κ1) is 12.7. The van der Waals surface area contributed by atoms with Crippen LogP contribution < -0.4 is 5.32 Å². The quantitative estimate of drug-likeness (QED) is 0.947. The van der Waals surface area contributed by atoms with Crippen molar-refractivity contribution in [2.75, 3.05) is 0 Å². The number of nitrogens with one attached hydrogen (secondary N) is 1. The van der Waals surface area contributed by atoms with E-state index in [1.54, 1.807) is 24.4 Å². The van der Waals surface area contributed by atoms with Crippen LogP contribution in [0.3, 0.4) is 0 Å². The Morgan fingerprint density at radius 3 is 2.83 bits per heavy atom. The molecule has 18 heavy (non-hydrogen) atoms. The lowest BCUT2D eigenvalue weighted by Gasteiger charge is -2.06. The van der Waals surface area contributed by atoms with Gasteiger partial charge in [-0.15, -0.1) is 0 Å². The largest absolute Gasteiger partial charge is 0.346 e. The number of benzene rings is 1. The Balaban J connectivity index is 2.07. The summed E-state index contributed by atoms with van der Waals surface area (Å²) in [6, 6.07) is 9.79. The summed E-state index contributed by atoms with van der Waals surface area (Å²) in [4.78, 5) is 15.9. The fourth-order valence-corrected chi connectivity index (χ4v) is 1.89. The zero-order chi connectivity index (χ0) is 13.0. The minimum Gasteiger partial charge on any atom is -0.346 e. The molecule has 0 unspecified atom stereocenters. The van der Waals surface area contributed by atoms with E-state index >= 15 is 0 Å². The zero-order valence-corrected chi connectivity index (χ0v) is 10.9. The van der Waals surface area contributed by atoms with E-state index in [1.165, 1.54) is 12.1 Å². The Kier molecular flexibility index (Phi) is 4.04. The summed E-state index contributed by atoms with van der Waals surface area (Å²) in [6.07, 6.45) is 1.65. The Morgan fingerprint density at radius 1 is 1.28 bits per heavy atom. The molecule has 1 aromatic heterocycles. The van der Waals surface area contributed by atoms with E-state index in [4.69, 9.17) is 0 Å². The second-order valence-corrected chi connectivity index (χ2v) is 4.40. The maximum atomic E-state index is 13.3. The third-order valence-electron chi connectivity index (χ3n) is 2.35. The summed E-state index contributed by atoms with van der Waals surface area (Å²) in [7, 11) is 0. The van der Waals surface area contributed by atoms with Crippen molar-refractivity contribution in [2.45, 2.75) is 6.54 Å². The molecule has 0 bridgehead atoms. The average Bonchev–Trinajstić information content (AvgIpc) is 2.40. The molecule has 0 saturated carbocycles. The van der Waals surface area contributed by atoms with E-state index in [-0.39, 0.29) is 15.9 Å². The first-order valence-electron chi connectivity index (χ1n) is 5.30. The van der Waals surface area contributed by atoms with Crippen molar-refractivity contribution in [2.24, 2.45) is 0 Å². The summed E-state index contributed by atoms with van der Waals surface area (Å²) in [5.41, 5.74) is 1.02. The van der Waals surface area contributed by atoms with Gasteiger partial charge in [0.25, 0.3) is 5.91 Å². The normalized spacial score (nSPS) is 10.1. The van der Waals surface area contributed by atoms with Crippen molar-refractivity contribution in [3.05, 3.63) is 64.1 Å². The van der Waals surface area contributed by atoms with E-state index in [0.29, 0.717) is 6.54 Å². The highest BCUT2D eigenvalue weighted by Gasteiger charge is 2.12. The molecular weight excluding hydrogens is 299 g/mol. The van der Waals surface area contributed by atoms with Crippen LogP contribution in [0.4, 0.5) is 4.39 Å². The molecule has 1 heterocycles. The number of hydrogen-bond acceptors (Lipinski definition) is 2. The van der Waals surface area contributed by atoms with Crippen LogP contribution in [-0.4, -0.2) is 10.9 Å². The number of nitrogens with zero attached hydrogens (tertiary/aromatic N) is 1. The van der Waals surface area contributed by atoms with Crippen molar-refractivity contribution >= 4 is 21.8 Å². The van der Waals surface area contributed by atoms with Crippen LogP contribution in [0.5, 0.6) is 0 Å². The molecule has 0 fully saturated rings. The highest BCUT2D eigenvalue weighted by Crippen LogP contribution is 2.20. The van der Waals surface area contributed by atoms with Gasteiger partial charge in [-0.1, -0.05) is 12.1 Å². The van der Waals surface area contributed by atoms with Crippen LogP contribution >= 0.6 is 15.9 Å². The molecule has 0 aliphatic rings. The second-order valence-electron chi connectivity index (χ2n) is 3.61. The van der Waals surface area contributed by atoms with Gasteiger partial charge in [-0.05, 0) is 40.2 Å². The Bertz CT molecular complexity index is 560. The molecule has 5 heteroatoms. The van der Waals surface area contributed by atoms with Crippen molar-refractivity contribution in [1.29, 1.82) is 0 Å². The second kappa shape index (κ2) is 5.73. The monoisotopic (exact) mass is 308 g/mol. The van der Waals surface area contributed by atoms with Gasteiger partial charge in [0.2, 0.25) is 0 Å². The lowest BCUT2D eigenvalue weighted by Crippen LogP contribution is -2.23. The molecule has 1 aromatic carbocycles. The molecule has 0 aliphatic heterocycles. The van der Waals surface area contributed by atoms with Crippen LogP contribution in [0.2, 0.25) is 0 Å². The average molecular weight is 309 g/mol. The molecule has 92 valence electrons. The topological polar surface area (TPSA) is 42.0 Å². The molecule has 0 atom stereocenters. The number of amides is 1. The summed E-state index contributed by atoms with van der Waals surface area (Å²) in [5.74, 6) is -0.799. The standard InChI is InChI=1S/C13H10BrFN2O/c14-12-10(5-3-6-11(12)15)13(18)17-8-9-4-1-2-7-16-9/h1-7H,8H2,(H,17,18). The molecule has 2 aromatic rings. The number of pyridine rings is 1. The predicted molar refractivity (Wildman–Crippen MR) is 69.5 cm³/mol. The molecule has 2 rings (SSSR count). The van der Waals surface area contributed by atoms with E-state index in [1.807, 2.05) is 6.07 Å². The predicted octanol–water partition coefficient (Wildman–Crippen LogP) is 2.91. The van der Waals surface area contributed by atoms with Crippen molar-refractivity contribution in [1.82, 2.24) is 10.3 Å². The van der Waals surface area contributed by atoms with E-state index in [2.05, 4.69) is 26.2 Å². The van der Waals surface area contributed by atoms with Crippen LogP contribution in [-0.2, 0) is 6.54 Å². The molecule has 0 aliphatic carbocycles. The minimum atomic E-state index is -0.458.